The molecule has 0 N–H and O–H groups in total. The molecule has 3 aromatic heterocycles. The summed E-state index contributed by atoms with van der Waals surface area (Å²) < 4.78 is 0. The number of nitrogens with zero attached hydrogens (tertiary/aromatic N) is 4. The summed E-state index contributed by atoms with van der Waals surface area (Å²) in [7, 11) is 0. The molecule has 81 heavy (non-hydrogen) atoms. The normalized spacial score (nSPS) is 13.7. The van der Waals surface area contributed by atoms with Crippen molar-refractivity contribution in [2.75, 3.05) is 0 Å². The van der Waals surface area contributed by atoms with E-state index in [9.17, 15) is 0 Å². The maximum Gasteiger partial charge on any atom is 2.00 e. The summed E-state index contributed by atoms with van der Waals surface area (Å²) in [4.78, 5) is 23.3. The van der Waals surface area contributed by atoms with Crippen LogP contribution in [-0.4, -0.2) is 9.97 Å². The van der Waals surface area contributed by atoms with Crippen LogP contribution in [0, 0.1) is 0 Å². The van der Waals surface area contributed by atoms with E-state index in [1.807, 2.05) is 0 Å². The third-order valence-corrected chi connectivity index (χ3v) is 16.4. The number of fused-ring (bicyclic) bond motifs is 8. The topological polar surface area (TPSA) is 54.0 Å². The van der Waals surface area contributed by atoms with E-state index in [1.165, 1.54) is 44.5 Å². The number of rotatable bonds is 4. The second-order valence-electron chi connectivity index (χ2n) is 31.6. The zero-order valence-corrected chi connectivity index (χ0v) is 54.6. The summed E-state index contributed by atoms with van der Waals surface area (Å²) in [6.07, 6.45) is 8.89. The van der Waals surface area contributed by atoms with Crippen molar-refractivity contribution < 1.29 is 16.5 Å². The van der Waals surface area contributed by atoms with Crippen LogP contribution in [0.4, 0.5) is 0 Å². The molecule has 4 nitrogen and oxygen atoms in total. The molecule has 7 aromatic rings. The van der Waals surface area contributed by atoms with Crippen LogP contribution in [0.15, 0.2) is 97.1 Å². The molecule has 5 heterocycles. The molecule has 426 valence electrons. The predicted molar refractivity (Wildman–Crippen MR) is 348 cm³/mol. The summed E-state index contributed by atoms with van der Waals surface area (Å²) >= 11 is 0. The summed E-state index contributed by atoms with van der Waals surface area (Å²) in [5.74, 6) is 0. The molecule has 0 atom stereocenters. The van der Waals surface area contributed by atoms with Gasteiger partial charge in [0.2, 0.25) is 0 Å². The van der Waals surface area contributed by atoms with E-state index in [0.29, 0.717) is 0 Å². The van der Waals surface area contributed by atoms with Crippen molar-refractivity contribution in [3.8, 4) is 44.5 Å². The second-order valence-corrected chi connectivity index (χ2v) is 31.6. The minimum Gasteiger partial charge on any atom is -0.657 e. The predicted octanol–water partition coefficient (Wildman–Crippen LogP) is 21.0. The largest absolute Gasteiger partial charge is 2.00 e. The van der Waals surface area contributed by atoms with Crippen LogP contribution in [0.3, 0.4) is 0 Å². The molecule has 0 fully saturated rings. The van der Waals surface area contributed by atoms with E-state index in [-0.39, 0.29) is 59.8 Å². The van der Waals surface area contributed by atoms with Crippen molar-refractivity contribution >= 4 is 46.4 Å². The Labute approximate surface area is 498 Å². The van der Waals surface area contributed by atoms with E-state index >= 15 is 0 Å². The molecule has 2 aliphatic rings. The monoisotopic (exact) mass is 1120 g/mol. The summed E-state index contributed by atoms with van der Waals surface area (Å²) in [6.45, 7) is 55.5. The summed E-state index contributed by atoms with van der Waals surface area (Å²) in [5, 5.41) is 0. The minimum absolute atomic E-state index is 0. The minimum atomic E-state index is -0.113. The molecule has 8 bridgehead atoms. The fourth-order valence-corrected chi connectivity index (χ4v) is 10.8. The molecule has 0 unspecified atom stereocenters. The van der Waals surface area contributed by atoms with Crippen molar-refractivity contribution in [1.82, 2.24) is 19.9 Å². The molecule has 0 aliphatic carbocycles. The molecule has 0 saturated heterocycles. The summed E-state index contributed by atoms with van der Waals surface area (Å²) in [6, 6.07) is 37.6. The molecule has 0 spiro atoms. The molecule has 0 radical (unpaired) electrons. The molecule has 9 rings (SSSR count). The van der Waals surface area contributed by atoms with Crippen LogP contribution in [0.1, 0.15) is 233 Å². The Balaban J connectivity index is 0.00000860. The molecule has 5 heteroatoms. The smallest absolute Gasteiger partial charge is 0.657 e. The van der Waals surface area contributed by atoms with E-state index in [4.69, 9.17) is 19.9 Å². The fraction of sp³-hybridized carbons (Fsp3) is 0.421. The Bertz CT molecular complexity index is 3200. The van der Waals surface area contributed by atoms with E-state index in [2.05, 4.69) is 288 Å². The molecule has 0 amide bonds. The van der Waals surface area contributed by atoms with Crippen molar-refractivity contribution in [3.63, 3.8) is 0 Å². The van der Waals surface area contributed by atoms with Crippen LogP contribution in [0.2, 0.25) is 0 Å². The standard InChI is InChI=1S/C76H92N4.Ni/c1-69(2,3)49-33-45(34-50(41-49)70(4,5)6)65-57-25-27-59(77-57)66(46-35-51(71(7,8)9)42-52(36-46)72(10,11)12)61-29-31-63(79-61)68(48-39-55(75(19,20)21)44-56(40-48)76(22,23)24)64-32-30-62(80-64)67(60-28-26-58(65)78-60)47-37-53(73(13,14)15)43-54(38-47)74(16,17)18;/h25-44H,1-24H3;/q-2;+2. The van der Waals surface area contributed by atoms with Crippen LogP contribution in [0.25, 0.3) is 90.9 Å². The maximum absolute atomic E-state index is 5.83. The first kappa shape index (κ1) is 61.1. The van der Waals surface area contributed by atoms with Gasteiger partial charge in [-0.3, -0.25) is 0 Å². The van der Waals surface area contributed by atoms with Gasteiger partial charge in [0.25, 0.3) is 0 Å². The van der Waals surface area contributed by atoms with Gasteiger partial charge in [0.1, 0.15) is 0 Å². The fourth-order valence-electron chi connectivity index (χ4n) is 10.8. The van der Waals surface area contributed by atoms with Gasteiger partial charge in [-0.1, -0.05) is 263 Å². The number of aromatic nitrogens is 4. The van der Waals surface area contributed by atoms with Crippen molar-refractivity contribution in [2.45, 2.75) is 209 Å². The molecule has 4 aromatic carbocycles. The van der Waals surface area contributed by atoms with E-state index in [1.54, 1.807) is 0 Å². The van der Waals surface area contributed by atoms with Crippen LogP contribution in [0.5, 0.6) is 0 Å². The zero-order chi connectivity index (χ0) is 58.8. The van der Waals surface area contributed by atoms with Crippen molar-refractivity contribution in [3.05, 3.63) is 164 Å². The van der Waals surface area contributed by atoms with Crippen LogP contribution < -0.4 is 9.97 Å². The first-order chi connectivity index (χ1) is 36.6. The molecule has 0 saturated carbocycles. The quantitative estimate of drug-likeness (QED) is 0.165. The second kappa shape index (κ2) is 20.7. The average molecular weight is 1120 g/mol. The average Bonchev–Trinajstić information content (AvgIpc) is 4.17. The number of benzene rings is 4. The Kier molecular flexibility index (Phi) is 15.6. The maximum atomic E-state index is 5.83. The third-order valence-electron chi connectivity index (χ3n) is 16.4. The van der Waals surface area contributed by atoms with E-state index in [0.717, 1.165) is 89.4 Å². The first-order valence-electron chi connectivity index (χ1n) is 29.4. The number of hydrogen-bond acceptors (Lipinski definition) is 2. The third kappa shape index (κ3) is 12.7. The van der Waals surface area contributed by atoms with Gasteiger partial charge in [-0.15, -0.1) is 22.1 Å². The van der Waals surface area contributed by atoms with E-state index < -0.39 is 0 Å². The van der Waals surface area contributed by atoms with Crippen LogP contribution in [-0.2, 0) is 59.8 Å². The Morgan fingerprint density at radius 3 is 0.519 bits per heavy atom. The van der Waals surface area contributed by atoms with Crippen molar-refractivity contribution in [1.29, 1.82) is 0 Å². The van der Waals surface area contributed by atoms with Gasteiger partial charge < -0.3 is 9.97 Å². The van der Waals surface area contributed by atoms with Gasteiger partial charge in [-0.25, -0.2) is 9.97 Å². The van der Waals surface area contributed by atoms with Crippen LogP contribution >= 0.6 is 0 Å². The van der Waals surface area contributed by atoms with Gasteiger partial charge in [0, 0.05) is 0 Å². The molecule has 2 aliphatic heterocycles. The van der Waals surface area contributed by atoms with Gasteiger partial charge in [0.05, 0.1) is 22.8 Å². The Hall–Kier alpha value is -6.03. The zero-order valence-electron chi connectivity index (χ0n) is 53.7. The Morgan fingerprint density at radius 1 is 0.235 bits per heavy atom. The SMILES string of the molecule is CC(C)(C)c1cc(-c2c3nc(c(-c4cc(C(C)(C)C)cc(C(C)(C)C)c4)c4ccc([n-]4)c(-c4cc(C(C)(C)C)cc(C(C)(C)C)c4)c4nc(c(-c5cc(C(C)(C)C)cc(C(C)(C)C)c5)c5ccc2[n-]5)C=C4)C=C3)cc(C(C)(C)C)c1.[Ni+2]. The Morgan fingerprint density at radius 2 is 0.383 bits per heavy atom. The molecular formula is C76H92N4Ni. The van der Waals surface area contributed by atoms with Gasteiger partial charge in [-0.2, -0.15) is 0 Å². The van der Waals surface area contributed by atoms with Gasteiger partial charge in [0.15, 0.2) is 0 Å². The summed E-state index contributed by atoms with van der Waals surface area (Å²) in [5.41, 5.74) is 24.7. The first-order valence-corrected chi connectivity index (χ1v) is 29.4. The molecular weight excluding hydrogens is 1030 g/mol. The van der Waals surface area contributed by atoms with Crippen molar-refractivity contribution in [2.24, 2.45) is 0 Å². The van der Waals surface area contributed by atoms with Gasteiger partial charge >= 0.3 is 16.5 Å². The van der Waals surface area contributed by atoms with Gasteiger partial charge in [-0.05, 0) is 157 Å². The number of hydrogen-bond donors (Lipinski definition) is 0.